The van der Waals surface area contributed by atoms with Crippen LogP contribution >= 0.6 is 0 Å². The number of ether oxygens (including phenoxy) is 2. The van der Waals surface area contributed by atoms with E-state index in [9.17, 15) is 0 Å². The molecule has 1 N–H and O–H groups in total. The lowest BCUT2D eigenvalue weighted by molar-refractivity contribution is -0.0395. The maximum Gasteiger partial charge on any atom is 0.129 e. The van der Waals surface area contributed by atoms with Crippen LogP contribution in [0.2, 0.25) is 0 Å². The van der Waals surface area contributed by atoms with Gasteiger partial charge in [-0.05, 0) is 45.9 Å². The highest BCUT2D eigenvalue weighted by Gasteiger charge is 2.09. The summed E-state index contributed by atoms with van der Waals surface area (Å²) < 4.78 is 16.7. The minimum Gasteiger partial charge on any atom is -0.462 e. The zero-order valence-corrected chi connectivity index (χ0v) is 12.6. The van der Waals surface area contributed by atoms with Crippen LogP contribution in [0.5, 0.6) is 0 Å². The summed E-state index contributed by atoms with van der Waals surface area (Å²) in [6.45, 7) is 11.7. The molecule has 0 unspecified atom stereocenters. The highest BCUT2D eigenvalue weighted by molar-refractivity contribution is 5.06. The van der Waals surface area contributed by atoms with Crippen LogP contribution in [-0.2, 0) is 22.6 Å². The molecule has 1 heterocycles. The standard InChI is InChI=1S/C15H27NO3/c1-5-8-16-11-13-6-7-14(19-13)12-17-9-10-18-15(2,3)4/h6-7,16H,5,8-12H2,1-4H3. The molecular weight excluding hydrogens is 242 g/mol. The van der Waals surface area contributed by atoms with Gasteiger partial charge in [-0.1, -0.05) is 6.92 Å². The first-order valence-electron chi connectivity index (χ1n) is 7.01. The van der Waals surface area contributed by atoms with E-state index < -0.39 is 0 Å². The van der Waals surface area contributed by atoms with E-state index in [1.807, 2.05) is 32.9 Å². The van der Waals surface area contributed by atoms with Gasteiger partial charge in [-0.3, -0.25) is 0 Å². The Hall–Kier alpha value is -0.840. The number of rotatable bonds is 9. The smallest absolute Gasteiger partial charge is 0.129 e. The highest BCUT2D eigenvalue weighted by atomic mass is 16.5. The van der Waals surface area contributed by atoms with Crippen LogP contribution in [0.4, 0.5) is 0 Å². The van der Waals surface area contributed by atoms with Crippen LogP contribution in [0.25, 0.3) is 0 Å². The Bertz CT molecular complexity index is 341. The minimum atomic E-state index is -0.105. The summed E-state index contributed by atoms with van der Waals surface area (Å²) >= 11 is 0. The van der Waals surface area contributed by atoms with Gasteiger partial charge in [0.2, 0.25) is 0 Å². The second kappa shape index (κ2) is 8.35. The summed E-state index contributed by atoms with van der Waals surface area (Å²) in [7, 11) is 0. The van der Waals surface area contributed by atoms with Crippen molar-refractivity contribution in [2.75, 3.05) is 19.8 Å². The zero-order valence-electron chi connectivity index (χ0n) is 12.6. The molecule has 19 heavy (non-hydrogen) atoms. The normalized spacial score (nSPS) is 12.0. The summed E-state index contributed by atoms with van der Waals surface area (Å²) in [5, 5.41) is 3.30. The molecule has 0 bridgehead atoms. The first-order valence-corrected chi connectivity index (χ1v) is 7.01. The fourth-order valence-electron chi connectivity index (χ4n) is 1.56. The molecular formula is C15H27NO3. The van der Waals surface area contributed by atoms with E-state index >= 15 is 0 Å². The molecule has 1 aromatic rings. The van der Waals surface area contributed by atoms with E-state index in [4.69, 9.17) is 13.9 Å². The van der Waals surface area contributed by atoms with Crippen molar-refractivity contribution in [2.45, 2.75) is 52.9 Å². The van der Waals surface area contributed by atoms with Crippen molar-refractivity contribution in [3.05, 3.63) is 23.7 Å². The summed E-state index contributed by atoms with van der Waals surface area (Å²) in [6.07, 6.45) is 1.13. The van der Waals surface area contributed by atoms with Gasteiger partial charge in [0.05, 0.1) is 25.4 Å². The Kier molecular flexibility index (Phi) is 7.13. The summed E-state index contributed by atoms with van der Waals surface area (Å²) in [6, 6.07) is 3.96. The minimum absolute atomic E-state index is 0.105. The van der Waals surface area contributed by atoms with E-state index in [-0.39, 0.29) is 5.60 Å². The largest absolute Gasteiger partial charge is 0.462 e. The molecule has 0 aliphatic heterocycles. The molecule has 1 aromatic heterocycles. The van der Waals surface area contributed by atoms with Gasteiger partial charge < -0.3 is 19.2 Å². The molecule has 0 aromatic carbocycles. The van der Waals surface area contributed by atoms with Crippen molar-refractivity contribution in [1.82, 2.24) is 5.32 Å². The van der Waals surface area contributed by atoms with E-state index in [1.165, 1.54) is 0 Å². The average molecular weight is 269 g/mol. The van der Waals surface area contributed by atoms with Crippen molar-refractivity contribution in [3.63, 3.8) is 0 Å². The van der Waals surface area contributed by atoms with Crippen molar-refractivity contribution < 1.29 is 13.9 Å². The monoisotopic (exact) mass is 269 g/mol. The second-order valence-corrected chi connectivity index (χ2v) is 5.56. The molecule has 0 fully saturated rings. The Morgan fingerprint density at radius 1 is 1.16 bits per heavy atom. The van der Waals surface area contributed by atoms with Crippen LogP contribution in [0.15, 0.2) is 16.5 Å². The van der Waals surface area contributed by atoms with Gasteiger partial charge in [0.25, 0.3) is 0 Å². The van der Waals surface area contributed by atoms with Gasteiger partial charge in [0.1, 0.15) is 18.1 Å². The molecule has 110 valence electrons. The lowest BCUT2D eigenvalue weighted by Crippen LogP contribution is -2.21. The van der Waals surface area contributed by atoms with Crippen molar-refractivity contribution in [3.8, 4) is 0 Å². The van der Waals surface area contributed by atoms with Crippen LogP contribution in [0, 0.1) is 0 Å². The molecule has 0 spiro atoms. The summed E-state index contributed by atoms with van der Waals surface area (Å²) in [5.41, 5.74) is -0.105. The molecule has 1 rings (SSSR count). The van der Waals surface area contributed by atoms with Crippen LogP contribution in [-0.4, -0.2) is 25.4 Å². The molecule has 0 atom stereocenters. The Balaban J connectivity index is 2.12. The third-order valence-electron chi connectivity index (χ3n) is 2.45. The molecule has 0 saturated carbocycles. The fraction of sp³-hybridized carbons (Fsp3) is 0.733. The molecule has 0 aliphatic rings. The lowest BCUT2D eigenvalue weighted by atomic mass is 10.2. The number of furan rings is 1. The predicted molar refractivity (Wildman–Crippen MR) is 76.1 cm³/mol. The van der Waals surface area contributed by atoms with Crippen molar-refractivity contribution in [1.29, 1.82) is 0 Å². The maximum absolute atomic E-state index is 5.65. The molecule has 4 heteroatoms. The molecule has 4 nitrogen and oxygen atoms in total. The molecule has 0 amide bonds. The second-order valence-electron chi connectivity index (χ2n) is 5.56. The first kappa shape index (κ1) is 16.2. The quantitative estimate of drug-likeness (QED) is 0.700. The van der Waals surface area contributed by atoms with E-state index in [1.54, 1.807) is 0 Å². The van der Waals surface area contributed by atoms with Gasteiger partial charge in [0, 0.05) is 0 Å². The zero-order chi connectivity index (χ0) is 14.1. The number of hydrogen-bond acceptors (Lipinski definition) is 4. The number of hydrogen-bond donors (Lipinski definition) is 1. The predicted octanol–water partition coefficient (Wildman–Crippen LogP) is 3.11. The van der Waals surface area contributed by atoms with Gasteiger partial charge in [0.15, 0.2) is 0 Å². The van der Waals surface area contributed by atoms with Crippen molar-refractivity contribution in [2.24, 2.45) is 0 Å². The van der Waals surface area contributed by atoms with Gasteiger partial charge in [-0.15, -0.1) is 0 Å². The average Bonchev–Trinajstić information content (AvgIpc) is 2.75. The van der Waals surface area contributed by atoms with Gasteiger partial charge >= 0.3 is 0 Å². The van der Waals surface area contributed by atoms with Gasteiger partial charge in [-0.2, -0.15) is 0 Å². The fourth-order valence-corrected chi connectivity index (χ4v) is 1.56. The Labute approximate surface area is 116 Å². The van der Waals surface area contributed by atoms with Gasteiger partial charge in [-0.25, -0.2) is 0 Å². The summed E-state index contributed by atoms with van der Waals surface area (Å²) in [5.74, 6) is 1.82. The molecule has 0 radical (unpaired) electrons. The van der Waals surface area contributed by atoms with Crippen molar-refractivity contribution >= 4 is 0 Å². The third kappa shape index (κ3) is 8.03. The molecule has 0 saturated heterocycles. The molecule has 0 aliphatic carbocycles. The highest BCUT2D eigenvalue weighted by Crippen LogP contribution is 2.09. The van der Waals surface area contributed by atoms with Crippen LogP contribution in [0.3, 0.4) is 0 Å². The maximum atomic E-state index is 5.65. The SMILES string of the molecule is CCCNCc1ccc(COCCOC(C)(C)C)o1. The van der Waals surface area contributed by atoms with Crippen LogP contribution in [0.1, 0.15) is 45.6 Å². The number of nitrogens with one attached hydrogen (secondary N) is 1. The first-order chi connectivity index (χ1) is 9.01. The topological polar surface area (TPSA) is 43.6 Å². The van der Waals surface area contributed by atoms with Crippen LogP contribution < -0.4 is 5.32 Å². The summed E-state index contributed by atoms with van der Waals surface area (Å²) in [4.78, 5) is 0. The Morgan fingerprint density at radius 2 is 1.89 bits per heavy atom. The van der Waals surface area contributed by atoms with E-state index in [0.29, 0.717) is 19.8 Å². The third-order valence-corrected chi connectivity index (χ3v) is 2.45. The van der Waals surface area contributed by atoms with E-state index in [2.05, 4.69) is 12.2 Å². The lowest BCUT2D eigenvalue weighted by Gasteiger charge is -2.19. The Morgan fingerprint density at radius 3 is 2.58 bits per heavy atom. The van der Waals surface area contributed by atoms with E-state index in [0.717, 1.165) is 31.0 Å².